The van der Waals surface area contributed by atoms with Crippen LogP contribution >= 0.6 is 0 Å². The molecule has 0 aliphatic carbocycles. The summed E-state index contributed by atoms with van der Waals surface area (Å²) in [5.74, 6) is -1.23. The third-order valence-corrected chi connectivity index (χ3v) is 1.35. The molecular formula is C8H8O3Rh. The fourth-order valence-electron chi connectivity index (χ4n) is 0.778. The molecule has 0 heterocycles. The summed E-state index contributed by atoms with van der Waals surface area (Å²) in [7, 11) is 0. The van der Waals surface area contributed by atoms with E-state index in [2.05, 4.69) is 0 Å². The molecule has 1 rings (SSSR count). The first-order valence-electron chi connectivity index (χ1n) is 3.17. The molecule has 4 heteroatoms. The first-order valence-corrected chi connectivity index (χ1v) is 3.17. The minimum Gasteiger partial charge on any atom is -0.479 e. The predicted molar refractivity (Wildman–Crippen MR) is 39.0 cm³/mol. The number of hydrogen-bond acceptors (Lipinski definition) is 2. The van der Waals surface area contributed by atoms with Crippen LogP contribution in [0.1, 0.15) is 11.7 Å². The van der Waals surface area contributed by atoms with E-state index >= 15 is 0 Å². The summed E-state index contributed by atoms with van der Waals surface area (Å²) in [6.07, 6.45) is -1.41. The van der Waals surface area contributed by atoms with Gasteiger partial charge in [-0.2, -0.15) is 0 Å². The van der Waals surface area contributed by atoms with E-state index in [0.717, 1.165) is 0 Å². The van der Waals surface area contributed by atoms with Gasteiger partial charge < -0.3 is 10.2 Å². The predicted octanol–water partition coefficient (Wildman–Crippen LogP) is 0.802. The van der Waals surface area contributed by atoms with Gasteiger partial charge in [0.1, 0.15) is 0 Å². The van der Waals surface area contributed by atoms with Crippen LogP contribution in [0.15, 0.2) is 30.3 Å². The van der Waals surface area contributed by atoms with Crippen LogP contribution in [0.5, 0.6) is 0 Å². The van der Waals surface area contributed by atoms with Crippen molar-refractivity contribution in [3.63, 3.8) is 0 Å². The number of carboxylic acids is 1. The van der Waals surface area contributed by atoms with Gasteiger partial charge in [0.25, 0.3) is 0 Å². The Hall–Kier alpha value is -0.727. The summed E-state index contributed by atoms with van der Waals surface area (Å²) >= 11 is 0. The Bertz CT molecular complexity index is 248. The molecule has 1 aromatic rings. The van der Waals surface area contributed by atoms with Gasteiger partial charge in [0.05, 0.1) is 0 Å². The largest absolute Gasteiger partial charge is 0.479 e. The number of benzene rings is 1. The molecule has 0 aliphatic heterocycles. The monoisotopic (exact) mass is 255 g/mol. The second-order valence-corrected chi connectivity index (χ2v) is 2.15. The van der Waals surface area contributed by atoms with Crippen molar-refractivity contribution in [3.8, 4) is 0 Å². The second kappa shape index (κ2) is 5.01. The maximum absolute atomic E-state index is 10.2. The molecule has 0 bridgehead atoms. The quantitative estimate of drug-likeness (QED) is 0.768. The Morgan fingerprint density at radius 1 is 1.25 bits per heavy atom. The van der Waals surface area contributed by atoms with Crippen LogP contribution < -0.4 is 0 Å². The zero-order chi connectivity index (χ0) is 8.27. The molecule has 0 fully saturated rings. The Morgan fingerprint density at radius 3 is 2.17 bits per heavy atom. The zero-order valence-corrected chi connectivity index (χ0v) is 7.74. The van der Waals surface area contributed by atoms with Crippen LogP contribution in [0.2, 0.25) is 0 Å². The van der Waals surface area contributed by atoms with Crippen molar-refractivity contribution < 1.29 is 34.5 Å². The van der Waals surface area contributed by atoms with Crippen LogP contribution in [0, 0.1) is 0 Å². The van der Waals surface area contributed by atoms with Gasteiger partial charge in [0.15, 0.2) is 6.10 Å². The van der Waals surface area contributed by atoms with E-state index < -0.39 is 12.1 Å². The van der Waals surface area contributed by atoms with Gasteiger partial charge in [-0.15, -0.1) is 0 Å². The molecule has 1 radical (unpaired) electrons. The number of aliphatic carboxylic acids is 1. The van der Waals surface area contributed by atoms with Crippen molar-refractivity contribution in [2.75, 3.05) is 0 Å². The van der Waals surface area contributed by atoms with Crippen molar-refractivity contribution in [1.29, 1.82) is 0 Å². The van der Waals surface area contributed by atoms with E-state index in [-0.39, 0.29) is 19.5 Å². The number of aliphatic hydroxyl groups is 1. The van der Waals surface area contributed by atoms with Crippen molar-refractivity contribution in [2.45, 2.75) is 6.10 Å². The molecule has 0 saturated carbocycles. The molecule has 1 atom stereocenters. The second-order valence-electron chi connectivity index (χ2n) is 2.15. The fourth-order valence-corrected chi connectivity index (χ4v) is 0.778. The van der Waals surface area contributed by atoms with Crippen LogP contribution in [-0.2, 0) is 24.3 Å². The fraction of sp³-hybridized carbons (Fsp3) is 0.125. The first kappa shape index (κ1) is 11.3. The topological polar surface area (TPSA) is 57.5 Å². The Balaban J connectivity index is 0.00000121. The number of hydrogen-bond donors (Lipinski definition) is 2. The van der Waals surface area contributed by atoms with E-state index in [1.165, 1.54) is 0 Å². The molecule has 0 saturated heterocycles. The van der Waals surface area contributed by atoms with E-state index in [1.54, 1.807) is 30.3 Å². The first-order chi connectivity index (χ1) is 5.22. The third kappa shape index (κ3) is 2.72. The minimum atomic E-state index is -1.41. The van der Waals surface area contributed by atoms with Gasteiger partial charge in [-0.05, 0) is 5.56 Å². The molecule has 0 unspecified atom stereocenters. The Morgan fingerprint density at radius 2 is 1.75 bits per heavy atom. The molecule has 0 aliphatic rings. The third-order valence-electron chi connectivity index (χ3n) is 1.35. The van der Waals surface area contributed by atoms with Gasteiger partial charge in [-0.1, -0.05) is 30.3 Å². The van der Waals surface area contributed by atoms with Gasteiger partial charge >= 0.3 is 5.97 Å². The van der Waals surface area contributed by atoms with Crippen molar-refractivity contribution >= 4 is 5.97 Å². The summed E-state index contributed by atoms with van der Waals surface area (Å²) in [4.78, 5) is 10.2. The summed E-state index contributed by atoms with van der Waals surface area (Å²) < 4.78 is 0. The summed E-state index contributed by atoms with van der Waals surface area (Å²) in [5, 5.41) is 17.4. The van der Waals surface area contributed by atoms with Crippen molar-refractivity contribution in [3.05, 3.63) is 35.9 Å². The normalized spacial score (nSPS) is 11.4. The maximum atomic E-state index is 10.2. The smallest absolute Gasteiger partial charge is 0.337 e. The molecule has 0 spiro atoms. The van der Waals surface area contributed by atoms with Crippen molar-refractivity contribution in [2.24, 2.45) is 0 Å². The summed E-state index contributed by atoms with van der Waals surface area (Å²) in [5.41, 5.74) is 0.403. The maximum Gasteiger partial charge on any atom is 0.337 e. The average Bonchev–Trinajstić information content (AvgIpc) is 2.05. The standard InChI is InChI=1S/C8H8O3.Rh/c9-7(8(10)11)6-4-2-1-3-5-6;/h1-5,7,9H,(H,10,11);/t7-;/m1./s1. The molecular weight excluding hydrogens is 247 g/mol. The van der Waals surface area contributed by atoms with Crippen LogP contribution in [0.3, 0.4) is 0 Å². The zero-order valence-electron chi connectivity index (χ0n) is 6.10. The Labute approximate surface area is 82.8 Å². The van der Waals surface area contributed by atoms with Crippen LogP contribution in [0.4, 0.5) is 0 Å². The minimum absolute atomic E-state index is 0. The van der Waals surface area contributed by atoms with E-state index in [9.17, 15) is 4.79 Å². The number of rotatable bonds is 2. The molecule has 1 aromatic carbocycles. The van der Waals surface area contributed by atoms with Crippen molar-refractivity contribution in [1.82, 2.24) is 0 Å². The molecule has 2 N–H and O–H groups in total. The number of carboxylic acid groups (broad SMARTS) is 1. The van der Waals surface area contributed by atoms with E-state index in [1.807, 2.05) is 0 Å². The van der Waals surface area contributed by atoms with E-state index in [0.29, 0.717) is 5.56 Å². The molecule has 3 nitrogen and oxygen atoms in total. The van der Waals surface area contributed by atoms with Crippen LogP contribution in [-0.4, -0.2) is 16.2 Å². The molecule has 12 heavy (non-hydrogen) atoms. The summed E-state index contributed by atoms with van der Waals surface area (Å²) in [6.45, 7) is 0. The number of carbonyl (C=O) groups is 1. The van der Waals surface area contributed by atoms with Gasteiger partial charge in [0, 0.05) is 19.5 Å². The SMILES string of the molecule is O=C(O)[C@H](O)c1ccccc1.[Rh]. The van der Waals surface area contributed by atoms with Gasteiger partial charge in [-0.3, -0.25) is 0 Å². The molecule has 0 aromatic heterocycles. The van der Waals surface area contributed by atoms with Gasteiger partial charge in [-0.25, -0.2) is 4.79 Å². The van der Waals surface area contributed by atoms with Gasteiger partial charge in [0.2, 0.25) is 0 Å². The van der Waals surface area contributed by atoms with Crippen LogP contribution in [0.25, 0.3) is 0 Å². The summed E-state index contributed by atoms with van der Waals surface area (Å²) in [6, 6.07) is 8.26. The van der Waals surface area contributed by atoms with E-state index in [4.69, 9.17) is 10.2 Å². The molecule has 67 valence electrons. The molecule has 0 amide bonds. The Kier molecular flexibility index (Phi) is 4.71. The number of aliphatic hydroxyl groups excluding tert-OH is 1. The average molecular weight is 255 g/mol.